The van der Waals surface area contributed by atoms with Gasteiger partial charge in [-0.3, -0.25) is 9.59 Å². The van der Waals surface area contributed by atoms with Gasteiger partial charge in [-0.25, -0.2) is 0 Å². The van der Waals surface area contributed by atoms with Crippen molar-refractivity contribution in [1.29, 1.82) is 0 Å². The average molecular weight is 395 g/mol. The van der Waals surface area contributed by atoms with E-state index in [1.807, 2.05) is 6.92 Å². The van der Waals surface area contributed by atoms with E-state index >= 15 is 0 Å². The summed E-state index contributed by atoms with van der Waals surface area (Å²) in [6, 6.07) is 8.59. The monoisotopic (exact) mass is 394 g/mol. The number of amides is 2. The molecule has 2 aromatic rings. The van der Waals surface area contributed by atoms with Gasteiger partial charge >= 0.3 is 0 Å². The van der Waals surface area contributed by atoms with Gasteiger partial charge < -0.3 is 20.1 Å². The van der Waals surface area contributed by atoms with E-state index < -0.39 is 0 Å². The maximum Gasteiger partial charge on any atom is 0.261 e. The number of anilines is 1. The average Bonchev–Trinajstić information content (AvgIpc) is 3.01. The molecule has 0 radical (unpaired) electrons. The highest BCUT2D eigenvalue weighted by atomic mass is 35.5. The zero-order valence-corrected chi connectivity index (χ0v) is 15.8. The molecule has 3 rings (SSSR count). The van der Waals surface area contributed by atoms with Crippen LogP contribution in [0, 0.1) is 6.92 Å². The minimum Gasteiger partial charge on any atom is -0.376 e. The number of rotatable bonds is 5. The van der Waals surface area contributed by atoms with Crippen LogP contribution in [0.3, 0.4) is 0 Å². The van der Waals surface area contributed by atoms with Gasteiger partial charge in [-0.1, -0.05) is 23.7 Å². The van der Waals surface area contributed by atoms with Crippen molar-refractivity contribution in [3.63, 3.8) is 0 Å². The largest absolute Gasteiger partial charge is 0.376 e. The highest BCUT2D eigenvalue weighted by molar-refractivity contribution is 7.18. The minimum atomic E-state index is -0.309. The smallest absolute Gasteiger partial charge is 0.261 e. The second-order valence-electron chi connectivity index (χ2n) is 5.83. The molecule has 1 atom stereocenters. The molecule has 2 amide bonds. The third-order valence-electron chi connectivity index (χ3n) is 3.85. The molecule has 0 unspecified atom stereocenters. The Balaban J connectivity index is 1.62. The number of carbonyl (C=O) groups excluding carboxylic acids is 2. The van der Waals surface area contributed by atoms with Crippen LogP contribution < -0.4 is 10.6 Å². The molecule has 1 aromatic heterocycles. The summed E-state index contributed by atoms with van der Waals surface area (Å²) in [4.78, 5) is 25.3. The molecule has 1 aliphatic rings. The van der Waals surface area contributed by atoms with E-state index in [-0.39, 0.29) is 17.9 Å². The van der Waals surface area contributed by atoms with E-state index in [9.17, 15) is 9.59 Å². The molecule has 8 heteroatoms. The van der Waals surface area contributed by atoms with Gasteiger partial charge in [0.15, 0.2) is 0 Å². The van der Waals surface area contributed by atoms with Crippen LogP contribution in [0.5, 0.6) is 0 Å². The van der Waals surface area contributed by atoms with Crippen LogP contribution in [0.2, 0.25) is 5.02 Å². The molecule has 2 heterocycles. The van der Waals surface area contributed by atoms with E-state index in [4.69, 9.17) is 21.1 Å². The lowest BCUT2D eigenvalue weighted by atomic mass is 10.2. The number of benzene rings is 1. The van der Waals surface area contributed by atoms with E-state index in [2.05, 4.69) is 10.6 Å². The quantitative estimate of drug-likeness (QED) is 0.816. The molecule has 0 spiro atoms. The first-order valence-electron chi connectivity index (χ1n) is 8.18. The van der Waals surface area contributed by atoms with Crippen LogP contribution in [0.25, 0.3) is 0 Å². The summed E-state index contributed by atoms with van der Waals surface area (Å²) in [5, 5.41) is 6.61. The number of hydrogen-bond donors (Lipinski definition) is 2. The molecule has 1 saturated heterocycles. The first-order valence-corrected chi connectivity index (χ1v) is 9.38. The molecule has 1 aliphatic heterocycles. The van der Waals surface area contributed by atoms with Gasteiger partial charge in [0.05, 0.1) is 46.4 Å². The fraction of sp³-hybridized carbons (Fsp3) is 0.333. The number of hydrogen-bond acceptors (Lipinski definition) is 5. The third kappa shape index (κ3) is 4.62. The Kier molecular flexibility index (Phi) is 6.26. The van der Waals surface area contributed by atoms with Crippen molar-refractivity contribution in [3.8, 4) is 0 Å². The molecule has 138 valence electrons. The van der Waals surface area contributed by atoms with Crippen LogP contribution in [0.15, 0.2) is 30.3 Å². The van der Waals surface area contributed by atoms with Crippen molar-refractivity contribution in [2.75, 3.05) is 31.7 Å². The summed E-state index contributed by atoms with van der Waals surface area (Å²) in [6.45, 7) is 3.82. The van der Waals surface area contributed by atoms with Crippen LogP contribution in [-0.4, -0.2) is 44.3 Å². The van der Waals surface area contributed by atoms with E-state index in [1.165, 1.54) is 11.3 Å². The topological polar surface area (TPSA) is 76.7 Å². The van der Waals surface area contributed by atoms with Gasteiger partial charge in [-0.05, 0) is 30.7 Å². The standard InChI is InChI=1S/C18H19ClN2O4S/c1-11-8-15(21-17(22)13-4-2-3-5-14(13)19)26-16(11)18(23)20-9-12-10-24-6-7-25-12/h2-5,8,12H,6-7,9-10H2,1H3,(H,20,23)(H,21,22)/t12-/m0/s1. The fourth-order valence-electron chi connectivity index (χ4n) is 2.53. The highest BCUT2D eigenvalue weighted by Gasteiger charge is 2.19. The summed E-state index contributed by atoms with van der Waals surface area (Å²) in [7, 11) is 0. The van der Waals surface area contributed by atoms with Crippen molar-refractivity contribution in [2.24, 2.45) is 0 Å². The Morgan fingerprint density at radius 2 is 2.08 bits per heavy atom. The van der Waals surface area contributed by atoms with Crippen LogP contribution in [0.4, 0.5) is 5.00 Å². The van der Waals surface area contributed by atoms with Gasteiger partial charge in [0.25, 0.3) is 11.8 Å². The lowest BCUT2D eigenvalue weighted by Crippen LogP contribution is -2.39. The first-order chi connectivity index (χ1) is 12.5. The third-order valence-corrected chi connectivity index (χ3v) is 5.34. The predicted octanol–water partition coefficient (Wildman–Crippen LogP) is 3.11. The molecule has 1 aromatic carbocycles. The number of aryl methyl sites for hydroxylation is 1. The van der Waals surface area contributed by atoms with Crippen LogP contribution in [0.1, 0.15) is 25.6 Å². The van der Waals surface area contributed by atoms with E-state index in [1.54, 1.807) is 30.3 Å². The normalized spacial score (nSPS) is 16.9. The fourth-order valence-corrected chi connectivity index (χ4v) is 3.74. The number of carbonyl (C=O) groups is 2. The Hall–Kier alpha value is -1.93. The Morgan fingerprint density at radius 1 is 1.27 bits per heavy atom. The molecule has 0 saturated carbocycles. The van der Waals surface area contributed by atoms with E-state index in [0.717, 1.165) is 5.56 Å². The Morgan fingerprint density at radius 3 is 2.81 bits per heavy atom. The molecule has 2 N–H and O–H groups in total. The summed E-state index contributed by atoms with van der Waals surface area (Å²) in [6.07, 6.45) is -0.132. The first kappa shape index (κ1) is 18.8. The van der Waals surface area contributed by atoms with Gasteiger partial charge in [0.1, 0.15) is 0 Å². The molecule has 1 fully saturated rings. The lowest BCUT2D eigenvalue weighted by molar-refractivity contribution is -0.0855. The van der Waals surface area contributed by atoms with E-state index in [0.29, 0.717) is 46.8 Å². The maximum absolute atomic E-state index is 12.4. The summed E-state index contributed by atoms with van der Waals surface area (Å²) >= 11 is 7.27. The van der Waals surface area contributed by atoms with Crippen molar-refractivity contribution in [3.05, 3.63) is 51.4 Å². The summed E-state index contributed by atoms with van der Waals surface area (Å²) < 4.78 is 10.8. The van der Waals surface area contributed by atoms with Gasteiger partial charge in [0.2, 0.25) is 0 Å². The van der Waals surface area contributed by atoms with Crippen LogP contribution in [-0.2, 0) is 9.47 Å². The molecule has 0 aliphatic carbocycles. The van der Waals surface area contributed by atoms with Crippen molar-refractivity contribution in [1.82, 2.24) is 5.32 Å². The van der Waals surface area contributed by atoms with Crippen molar-refractivity contribution in [2.45, 2.75) is 13.0 Å². The summed E-state index contributed by atoms with van der Waals surface area (Å²) in [5.41, 5.74) is 1.18. The number of thiophene rings is 1. The SMILES string of the molecule is Cc1cc(NC(=O)c2ccccc2Cl)sc1C(=O)NC[C@H]1COCCO1. The Bertz CT molecular complexity index is 802. The number of ether oxygens (including phenoxy) is 2. The second-order valence-corrected chi connectivity index (χ2v) is 7.29. The molecular formula is C18H19ClN2O4S. The lowest BCUT2D eigenvalue weighted by Gasteiger charge is -2.22. The minimum absolute atomic E-state index is 0.132. The highest BCUT2D eigenvalue weighted by Crippen LogP contribution is 2.27. The van der Waals surface area contributed by atoms with Gasteiger partial charge in [-0.2, -0.15) is 0 Å². The number of halogens is 1. The second kappa shape index (κ2) is 8.64. The molecule has 0 bridgehead atoms. The number of nitrogens with one attached hydrogen (secondary N) is 2. The van der Waals surface area contributed by atoms with Crippen LogP contribution >= 0.6 is 22.9 Å². The van der Waals surface area contributed by atoms with Crippen molar-refractivity contribution < 1.29 is 19.1 Å². The van der Waals surface area contributed by atoms with Crippen molar-refractivity contribution >= 4 is 39.8 Å². The molecule has 26 heavy (non-hydrogen) atoms. The zero-order valence-electron chi connectivity index (χ0n) is 14.2. The predicted molar refractivity (Wildman–Crippen MR) is 101 cm³/mol. The molecular weight excluding hydrogens is 376 g/mol. The zero-order chi connectivity index (χ0) is 18.5. The summed E-state index contributed by atoms with van der Waals surface area (Å²) in [5.74, 6) is -0.503. The maximum atomic E-state index is 12.4. The van der Waals surface area contributed by atoms with Gasteiger partial charge in [0, 0.05) is 6.54 Å². The molecule has 6 nitrogen and oxygen atoms in total. The Labute approximate surface area is 160 Å². The van der Waals surface area contributed by atoms with Gasteiger partial charge in [-0.15, -0.1) is 11.3 Å².